The molecule has 0 unspecified atom stereocenters. The number of H-pyrrole nitrogens is 1. The van der Waals surface area contributed by atoms with Crippen molar-refractivity contribution in [2.75, 3.05) is 0 Å². The van der Waals surface area contributed by atoms with Gasteiger partial charge in [0.25, 0.3) is 5.69 Å². The van der Waals surface area contributed by atoms with Crippen molar-refractivity contribution in [2.45, 2.75) is 0 Å². The van der Waals surface area contributed by atoms with Crippen molar-refractivity contribution < 1.29 is 4.92 Å². The second-order valence-electron chi connectivity index (χ2n) is 5.11. The Morgan fingerprint density at radius 2 is 1.96 bits per heavy atom. The van der Waals surface area contributed by atoms with E-state index in [9.17, 15) is 10.1 Å². The lowest BCUT2D eigenvalue weighted by Gasteiger charge is -2.00. The number of halogens is 1. The van der Waals surface area contributed by atoms with Gasteiger partial charge in [0.2, 0.25) is 4.77 Å². The Kier molecular flexibility index (Phi) is 5.35. The van der Waals surface area contributed by atoms with Gasteiger partial charge in [-0.15, -0.1) is 0 Å². The molecule has 1 heterocycles. The monoisotopic (exact) mass is 385 g/mol. The standard InChI is InChI=1S/C17H12ClN5O2S/c18-14-9-7-13(8-10-14)16-20-21-17(26)22(16)19-11-3-5-12-4-1-2-6-15(12)23(24)25/h1-11H,(H,21,26)/b5-3+,19-11-. The maximum atomic E-state index is 11.0. The Morgan fingerprint density at radius 3 is 2.69 bits per heavy atom. The van der Waals surface area contributed by atoms with E-state index in [0.29, 0.717) is 21.2 Å². The van der Waals surface area contributed by atoms with Crippen molar-refractivity contribution in [3.05, 3.63) is 80.1 Å². The van der Waals surface area contributed by atoms with Gasteiger partial charge in [0.15, 0.2) is 5.82 Å². The average Bonchev–Trinajstić information content (AvgIpc) is 3.00. The molecule has 1 N–H and O–H groups in total. The molecule has 0 atom stereocenters. The van der Waals surface area contributed by atoms with Crippen LogP contribution in [0.5, 0.6) is 0 Å². The summed E-state index contributed by atoms with van der Waals surface area (Å²) in [4.78, 5) is 10.6. The third-order valence-electron chi connectivity index (χ3n) is 3.43. The van der Waals surface area contributed by atoms with Gasteiger partial charge in [0.05, 0.1) is 10.5 Å². The number of hydrogen-bond donors (Lipinski definition) is 1. The van der Waals surface area contributed by atoms with Crippen molar-refractivity contribution >= 4 is 41.8 Å². The van der Waals surface area contributed by atoms with Crippen molar-refractivity contribution in [1.82, 2.24) is 14.9 Å². The number of nitrogens with zero attached hydrogens (tertiary/aromatic N) is 4. The van der Waals surface area contributed by atoms with Crippen LogP contribution in [0.3, 0.4) is 0 Å². The molecule has 0 radical (unpaired) electrons. The minimum atomic E-state index is -0.429. The summed E-state index contributed by atoms with van der Waals surface area (Å²) >= 11 is 11.1. The summed E-state index contributed by atoms with van der Waals surface area (Å²) < 4.78 is 1.78. The van der Waals surface area contributed by atoms with Gasteiger partial charge < -0.3 is 0 Å². The fourth-order valence-electron chi connectivity index (χ4n) is 2.23. The van der Waals surface area contributed by atoms with Gasteiger partial charge in [-0.3, -0.25) is 10.1 Å². The Balaban J connectivity index is 1.86. The molecule has 1 aromatic heterocycles. The summed E-state index contributed by atoms with van der Waals surface area (Å²) in [6, 6.07) is 13.6. The Labute approximate surface area is 158 Å². The first-order valence-corrected chi connectivity index (χ1v) is 8.22. The van der Waals surface area contributed by atoms with Crippen LogP contribution in [-0.2, 0) is 0 Å². The molecule has 0 aliphatic carbocycles. The van der Waals surface area contributed by atoms with Gasteiger partial charge in [0, 0.05) is 22.9 Å². The third kappa shape index (κ3) is 3.93. The van der Waals surface area contributed by atoms with Crippen molar-refractivity contribution in [2.24, 2.45) is 5.10 Å². The molecular weight excluding hydrogens is 374 g/mol. The molecule has 2 aromatic carbocycles. The van der Waals surface area contributed by atoms with Crippen LogP contribution >= 0.6 is 23.8 Å². The second-order valence-corrected chi connectivity index (χ2v) is 5.93. The predicted molar refractivity (Wildman–Crippen MR) is 104 cm³/mol. The molecule has 26 heavy (non-hydrogen) atoms. The SMILES string of the molecule is O=[N+]([O-])c1ccccc1/C=C/C=N\n1c(-c2ccc(Cl)cc2)n[nH]c1=S. The van der Waals surface area contributed by atoms with E-state index in [1.54, 1.807) is 42.5 Å². The lowest BCUT2D eigenvalue weighted by molar-refractivity contribution is -0.385. The predicted octanol–water partition coefficient (Wildman–Crippen LogP) is 4.72. The first-order valence-electron chi connectivity index (χ1n) is 7.44. The minimum absolute atomic E-state index is 0.0268. The summed E-state index contributed by atoms with van der Waals surface area (Å²) in [6.07, 6.45) is 4.69. The van der Waals surface area contributed by atoms with E-state index in [1.165, 1.54) is 17.0 Å². The van der Waals surface area contributed by atoms with Crippen LogP contribution in [0, 0.1) is 14.9 Å². The summed E-state index contributed by atoms with van der Waals surface area (Å²) in [5, 5.41) is 22.7. The zero-order chi connectivity index (χ0) is 18.5. The number of nitro groups is 1. The highest BCUT2D eigenvalue weighted by molar-refractivity contribution is 7.71. The molecule has 0 aliphatic heterocycles. The Bertz CT molecular complexity index is 1050. The fraction of sp³-hybridized carbons (Fsp3) is 0. The van der Waals surface area contributed by atoms with Gasteiger partial charge in [-0.25, -0.2) is 5.10 Å². The van der Waals surface area contributed by atoms with E-state index in [1.807, 2.05) is 12.1 Å². The quantitative estimate of drug-likeness (QED) is 0.298. The number of nitrogens with one attached hydrogen (secondary N) is 1. The van der Waals surface area contributed by atoms with E-state index in [2.05, 4.69) is 15.3 Å². The normalized spacial score (nSPS) is 11.4. The molecule has 0 bridgehead atoms. The second kappa shape index (κ2) is 7.85. The number of aromatic nitrogens is 3. The number of para-hydroxylation sites is 1. The Morgan fingerprint density at radius 1 is 1.23 bits per heavy atom. The summed E-state index contributed by atoms with van der Waals surface area (Å²) in [7, 11) is 0. The van der Waals surface area contributed by atoms with Crippen molar-refractivity contribution in [3.8, 4) is 11.4 Å². The molecule has 0 aliphatic rings. The largest absolute Gasteiger partial charge is 0.276 e. The zero-order valence-corrected chi connectivity index (χ0v) is 14.8. The number of nitro benzene ring substituents is 1. The molecule has 9 heteroatoms. The summed E-state index contributed by atoms with van der Waals surface area (Å²) in [5.74, 6) is 0.530. The van der Waals surface area contributed by atoms with E-state index in [-0.39, 0.29) is 5.69 Å². The van der Waals surface area contributed by atoms with Crippen LogP contribution in [0.25, 0.3) is 17.5 Å². The van der Waals surface area contributed by atoms with Crippen molar-refractivity contribution in [3.63, 3.8) is 0 Å². The highest BCUT2D eigenvalue weighted by Crippen LogP contribution is 2.20. The van der Waals surface area contributed by atoms with Crippen LogP contribution in [0.1, 0.15) is 5.56 Å². The summed E-state index contributed by atoms with van der Waals surface area (Å²) in [6.45, 7) is 0. The van der Waals surface area contributed by atoms with Crippen LogP contribution in [0.15, 0.2) is 59.7 Å². The smallest absolute Gasteiger partial charge is 0.258 e. The molecule has 3 rings (SSSR count). The molecular formula is C17H12ClN5O2S. The highest BCUT2D eigenvalue weighted by atomic mass is 35.5. The maximum Gasteiger partial charge on any atom is 0.276 e. The lowest BCUT2D eigenvalue weighted by atomic mass is 10.2. The van der Waals surface area contributed by atoms with Crippen molar-refractivity contribution in [1.29, 1.82) is 0 Å². The van der Waals surface area contributed by atoms with Crippen LogP contribution in [0.2, 0.25) is 5.02 Å². The number of allylic oxidation sites excluding steroid dienone is 1. The van der Waals surface area contributed by atoms with Gasteiger partial charge in [0.1, 0.15) is 0 Å². The van der Waals surface area contributed by atoms with Gasteiger partial charge >= 0.3 is 0 Å². The van der Waals surface area contributed by atoms with E-state index in [0.717, 1.165) is 5.56 Å². The number of benzene rings is 2. The molecule has 7 nitrogen and oxygen atoms in total. The van der Waals surface area contributed by atoms with E-state index in [4.69, 9.17) is 23.8 Å². The molecule has 3 aromatic rings. The van der Waals surface area contributed by atoms with Gasteiger partial charge in [-0.2, -0.15) is 14.9 Å². The first kappa shape index (κ1) is 17.7. The zero-order valence-electron chi connectivity index (χ0n) is 13.2. The van der Waals surface area contributed by atoms with Crippen LogP contribution in [-0.4, -0.2) is 26.0 Å². The topological polar surface area (TPSA) is 89.1 Å². The Hall–Kier alpha value is -3.10. The first-order chi connectivity index (χ1) is 12.6. The molecule has 130 valence electrons. The van der Waals surface area contributed by atoms with Gasteiger partial charge in [-0.05, 0) is 54.7 Å². The number of aromatic amines is 1. The maximum absolute atomic E-state index is 11.0. The number of hydrogen-bond acceptors (Lipinski definition) is 5. The minimum Gasteiger partial charge on any atom is -0.258 e. The third-order valence-corrected chi connectivity index (χ3v) is 3.95. The van der Waals surface area contributed by atoms with Crippen LogP contribution < -0.4 is 0 Å². The lowest BCUT2D eigenvalue weighted by Crippen LogP contribution is -1.93. The molecule has 0 saturated carbocycles. The van der Waals surface area contributed by atoms with E-state index >= 15 is 0 Å². The van der Waals surface area contributed by atoms with Crippen LogP contribution in [0.4, 0.5) is 5.69 Å². The fourth-order valence-corrected chi connectivity index (χ4v) is 2.54. The van der Waals surface area contributed by atoms with Gasteiger partial charge in [-0.1, -0.05) is 23.7 Å². The number of rotatable bonds is 5. The average molecular weight is 386 g/mol. The molecule has 0 amide bonds. The molecule has 0 spiro atoms. The highest BCUT2D eigenvalue weighted by Gasteiger charge is 2.09. The molecule has 0 fully saturated rings. The van der Waals surface area contributed by atoms with E-state index < -0.39 is 4.92 Å². The summed E-state index contributed by atoms with van der Waals surface area (Å²) in [5.41, 5.74) is 1.30. The molecule has 0 saturated heterocycles.